The molecular formula is C13H25N3. The quantitative estimate of drug-likeness (QED) is 0.781. The second-order valence-corrected chi connectivity index (χ2v) is 5.71. The first kappa shape index (κ1) is 11.7. The molecule has 16 heavy (non-hydrogen) atoms. The van der Waals surface area contributed by atoms with Gasteiger partial charge in [0.05, 0.1) is 12.1 Å². The number of hydrogen-bond acceptors (Lipinski definition) is 3. The lowest BCUT2D eigenvalue weighted by atomic mass is 9.76. The predicted octanol–water partition coefficient (Wildman–Crippen LogP) is 2.36. The van der Waals surface area contributed by atoms with Gasteiger partial charge in [-0.1, -0.05) is 13.8 Å². The molecule has 1 aliphatic carbocycles. The van der Waals surface area contributed by atoms with Gasteiger partial charge in [0.2, 0.25) is 0 Å². The van der Waals surface area contributed by atoms with Gasteiger partial charge in [-0.25, -0.2) is 0 Å². The van der Waals surface area contributed by atoms with E-state index < -0.39 is 0 Å². The Morgan fingerprint density at radius 2 is 2.12 bits per heavy atom. The van der Waals surface area contributed by atoms with E-state index in [0.29, 0.717) is 6.04 Å². The Morgan fingerprint density at radius 3 is 2.69 bits per heavy atom. The van der Waals surface area contributed by atoms with Crippen LogP contribution in [-0.2, 0) is 0 Å². The predicted molar refractivity (Wildman–Crippen MR) is 68.4 cm³/mol. The van der Waals surface area contributed by atoms with Crippen LogP contribution in [0.25, 0.3) is 0 Å². The van der Waals surface area contributed by atoms with E-state index in [1.54, 1.807) is 0 Å². The van der Waals surface area contributed by atoms with Crippen LogP contribution in [0.4, 0.5) is 0 Å². The van der Waals surface area contributed by atoms with Crippen LogP contribution in [-0.4, -0.2) is 29.0 Å². The van der Waals surface area contributed by atoms with Gasteiger partial charge in [0, 0.05) is 6.04 Å². The normalized spacial score (nSPS) is 36.6. The summed E-state index contributed by atoms with van der Waals surface area (Å²) in [5.74, 6) is 1.66. The van der Waals surface area contributed by atoms with Crippen molar-refractivity contribution in [1.82, 2.24) is 4.90 Å². The SMILES string of the molecule is CCC(C)N1C(N)=NCC12CCC(C)CC2. The Balaban J connectivity index is 2.15. The highest BCUT2D eigenvalue weighted by atomic mass is 15.4. The molecule has 0 aromatic carbocycles. The highest BCUT2D eigenvalue weighted by Crippen LogP contribution is 2.40. The highest BCUT2D eigenvalue weighted by molar-refractivity contribution is 5.81. The maximum Gasteiger partial charge on any atom is 0.192 e. The zero-order valence-electron chi connectivity index (χ0n) is 10.9. The third-order valence-corrected chi connectivity index (χ3v) is 4.53. The van der Waals surface area contributed by atoms with Gasteiger partial charge in [0.15, 0.2) is 5.96 Å². The van der Waals surface area contributed by atoms with E-state index in [9.17, 15) is 0 Å². The van der Waals surface area contributed by atoms with Crippen LogP contribution in [0.15, 0.2) is 4.99 Å². The molecule has 0 bridgehead atoms. The van der Waals surface area contributed by atoms with Crippen LogP contribution in [0.3, 0.4) is 0 Å². The molecular weight excluding hydrogens is 198 g/mol. The topological polar surface area (TPSA) is 41.6 Å². The van der Waals surface area contributed by atoms with Gasteiger partial charge in [-0.15, -0.1) is 0 Å². The molecule has 3 nitrogen and oxygen atoms in total. The first-order valence-electron chi connectivity index (χ1n) is 6.68. The van der Waals surface area contributed by atoms with Crippen molar-refractivity contribution in [3.8, 4) is 0 Å². The number of nitrogens with two attached hydrogens (primary N) is 1. The summed E-state index contributed by atoms with van der Waals surface area (Å²) in [6.45, 7) is 7.79. The minimum atomic E-state index is 0.270. The molecule has 2 rings (SSSR count). The van der Waals surface area contributed by atoms with Gasteiger partial charge in [-0.05, 0) is 44.9 Å². The molecule has 1 fully saturated rings. The van der Waals surface area contributed by atoms with E-state index in [4.69, 9.17) is 5.73 Å². The van der Waals surface area contributed by atoms with Crippen LogP contribution in [0, 0.1) is 5.92 Å². The van der Waals surface area contributed by atoms with Crippen molar-refractivity contribution >= 4 is 5.96 Å². The van der Waals surface area contributed by atoms with Crippen LogP contribution < -0.4 is 5.73 Å². The largest absolute Gasteiger partial charge is 0.370 e. The van der Waals surface area contributed by atoms with Gasteiger partial charge in [0.1, 0.15) is 0 Å². The molecule has 0 aromatic heterocycles. The molecule has 1 spiro atoms. The Bertz CT molecular complexity index is 277. The van der Waals surface area contributed by atoms with Crippen molar-refractivity contribution in [3.63, 3.8) is 0 Å². The molecule has 1 heterocycles. The van der Waals surface area contributed by atoms with Crippen LogP contribution in [0.1, 0.15) is 52.9 Å². The third kappa shape index (κ3) is 1.80. The average molecular weight is 223 g/mol. The number of rotatable bonds is 2. The molecule has 2 N–H and O–H groups in total. The van der Waals surface area contributed by atoms with Gasteiger partial charge in [-0.2, -0.15) is 0 Å². The highest BCUT2D eigenvalue weighted by Gasteiger charge is 2.45. The fourth-order valence-electron chi connectivity index (χ4n) is 3.20. The Morgan fingerprint density at radius 1 is 1.50 bits per heavy atom. The smallest absolute Gasteiger partial charge is 0.192 e. The van der Waals surface area contributed by atoms with Crippen molar-refractivity contribution in [3.05, 3.63) is 0 Å². The molecule has 2 aliphatic rings. The lowest BCUT2D eigenvalue weighted by Crippen LogP contribution is -2.56. The fraction of sp³-hybridized carbons (Fsp3) is 0.923. The molecule has 0 amide bonds. The number of hydrogen-bond donors (Lipinski definition) is 1. The maximum absolute atomic E-state index is 6.07. The van der Waals surface area contributed by atoms with Crippen molar-refractivity contribution in [2.45, 2.75) is 64.5 Å². The van der Waals surface area contributed by atoms with E-state index in [0.717, 1.165) is 24.8 Å². The van der Waals surface area contributed by atoms with Crippen molar-refractivity contribution in [1.29, 1.82) is 0 Å². The fourth-order valence-corrected chi connectivity index (χ4v) is 3.20. The van der Waals surface area contributed by atoms with Gasteiger partial charge in [0.25, 0.3) is 0 Å². The standard InChI is InChI=1S/C13H25N3/c1-4-11(3)16-12(14)15-9-13(16)7-5-10(2)6-8-13/h10-11H,4-9H2,1-3H3,(H2,14,15). The summed E-state index contributed by atoms with van der Waals surface area (Å²) in [5, 5.41) is 0. The second kappa shape index (κ2) is 4.27. The first-order valence-corrected chi connectivity index (χ1v) is 6.68. The summed E-state index contributed by atoms with van der Waals surface area (Å²) >= 11 is 0. The van der Waals surface area contributed by atoms with Crippen molar-refractivity contribution in [2.75, 3.05) is 6.54 Å². The van der Waals surface area contributed by atoms with Crippen LogP contribution >= 0.6 is 0 Å². The van der Waals surface area contributed by atoms with Gasteiger partial charge in [-0.3, -0.25) is 4.99 Å². The van der Waals surface area contributed by atoms with E-state index in [1.807, 2.05) is 0 Å². The summed E-state index contributed by atoms with van der Waals surface area (Å²) in [6.07, 6.45) is 6.34. The minimum absolute atomic E-state index is 0.270. The van der Waals surface area contributed by atoms with Gasteiger partial charge < -0.3 is 10.6 Å². The minimum Gasteiger partial charge on any atom is -0.370 e. The van der Waals surface area contributed by atoms with Gasteiger partial charge >= 0.3 is 0 Å². The van der Waals surface area contributed by atoms with Crippen LogP contribution in [0.2, 0.25) is 0 Å². The average Bonchev–Trinajstić information content (AvgIpc) is 2.60. The first-order chi connectivity index (χ1) is 7.59. The Labute approximate surface area is 99.1 Å². The Kier molecular flexibility index (Phi) is 3.13. The molecule has 3 heteroatoms. The van der Waals surface area contributed by atoms with E-state index in [1.165, 1.54) is 25.7 Å². The summed E-state index contributed by atoms with van der Waals surface area (Å²) in [5.41, 5.74) is 6.34. The number of guanidine groups is 1. The molecule has 1 aliphatic heterocycles. The molecule has 1 atom stereocenters. The monoisotopic (exact) mass is 223 g/mol. The number of nitrogens with zero attached hydrogens (tertiary/aromatic N) is 2. The summed E-state index contributed by atoms with van der Waals surface area (Å²) in [7, 11) is 0. The maximum atomic E-state index is 6.07. The summed E-state index contributed by atoms with van der Waals surface area (Å²) in [6, 6.07) is 0.527. The zero-order valence-corrected chi connectivity index (χ0v) is 10.9. The molecule has 92 valence electrons. The molecule has 0 aromatic rings. The number of aliphatic imine (C=N–C) groups is 1. The lowest BCUT2D eigenvalue weighted by molar-refractivity contribution is 0.0909. The Hall–Kier alpha value is -0.730. The van der Waals surface area contributed by atoms with Crippen LogP contribution in [0.5, 0.6) is 0 Å². The summed E-state index contributed by atoms with van der Waals surface area (Å²) in [4.78, 5) is 6.92. The third-order valence-electron chi connectivity index (χ3n) is 4.53. The van der Waals surface area contributed by atoms with Crippen molar-refractivity contribution in [2.24, 2.45) is 16.6 Å². The van der Waals surface area contributed by atoms with E-state index in [-0.39, 0.29) is 5.54 Å². The molecule has 0 radical (unpaired) electrons. The lowest BCUT2D eigenvalue weighted by Gasteiger charge is -2.46. The molecule has 0 saturated heterocycles. The van der Waals surface area contributed by atoms with Crippen molar-refractivity contribution < 1.29 is 0 Å². The second-order valence-electron chi connectivity index (χ2n) is 5.71. The molecule has 1 unspecified atom stereocenters. The zero-order chi connectivity index (χ0) is 11.8. The van der Waals surface area contributed by atoms with E-state index >= 15 is 0 Å². The summed E-state index contributed by atoms with van der Waals surface area (Å²) < 4.78 is 0. The van der Waals surface area contributed by atoms with E-state index in [2.05, 4.69) is 30.7 Å². The molecule has 1 saturated carbocycles.